The number of nitrogens with one attached hydrogen (secondary N) is 1. The molecule has 29 heavy (non-hydrogen) atoms. The van der Waals surface area contributed by atoms with E-state index in [2.05, 4.69) is 15.1 Å². The van der Waals surface area contributed by atoms with Gasteiger partial charge in [-0.05, 0) is 62.8 Å². The van der Waals surface area contributed by atoms with Gasteiger partial charge in [0.25, 0.3) is 5.91 Å². The molecule has 154 valence electrons. The summed E-state index contributed by atoms with van der Waals surface area (Å²) in [7, 11) is 1.65. The van der Waals surface area contributed by atoms with Gasteiger partial charge in [0.2, 0.25) is 0 Å². The molecule has 1 unspecified atom stereocenters. The lowest BCUT2D eigenvalue weighted by Crippen LogP contribution is -2.46. The van der Waals surface area contributed by atoms with Crippen LogP contribution in [-0.4, -0.2) is 65.7 Å². The molecular weight excluding hydrogens is 364 g/mol. The van der Waals surface area contributed by atoms with Crippen molar-refractivity contribution in [1.29, 1.82) is 0 Å². The molecule has 5 rings (SSSR count). The van der Waals surface area contributed by atoms with Gasteiger partial charge in [-0.2, -0.15) is 5.10 Å². The summed E-state index contributed by atoms with van der Waals surface area (Å²) >= 11 is 0. The quantitative estimate of drug-likeness (QED) is 0.844. The predicted molar refractivity (Wildman–Crippen MR) is 112 cm³/mol. The number of hydrogen-bond donors (Lipinski definition) is 1. The molecule has 1 aromatic carbocycles. The van der Waals surface area contributed by atoms with Crippen molar-refractivity contribution in [3.8, 4) is 17.0 Å². The average Bonchev–Trinajstić information content (AvgIpc) is 3.26. The Hall–Kier alpha value is -2.34. The molecule has 6 nitrogen and oxygen atoms in total. The van der Waals surface area contributed by atoms with Gasteiger partial charge in [0, 0.05) is 37.2 Å². The summed E-state index contributed by atoms with van der Waals surface area (Å²) in [5.41, 5.74) is 2.49. The van der Waals surface area contributed by atoms with E-state index in [4.69, 9.17) is 4.74 Å². The number of benzene rings is 1. The Balaban J connectivity index is 1.27. The zero-order chi connectivity index (χ0) is 19.8. The zero-order valence-electron chi connectivity index (χ0n) is 17.2. The molecule has 6 heteroatoms. The number of aromatic amines is 1. The number of para-hydroxylation sites is 1. The van der Waals surface area contributed by atoms with Crippen molar-refractivity contribution in [3.05, 3.63) is 36.0 Å². The number of aromatic nitrogens is 2. The first-order chi connectivity index (χ1) is 14.2. The number of rotatable bonds is 5. The third-order valence-corrected chi connectivity index (χ3v) is 6.87. The number of carbonyl (C=O) groups excluding carboxylic acids is 1. The van der Waals surface area contributed by atoms with Crippen LogP contribution in [0.1, 0.15) is 42.6 Å². The minimum atomic E-state index is 0.0647. The Kier molecular flexibility index (Phi) is 4.82. The summed E-state index contributed by atoms with van der Waals surface area (Å²) in [6.45, 7) is 5.37. The second-order valence-electron chi connectivity index (χ2n) is 9.13. The van der Waals surface area contributed by atoms with Crippen LogP contribution in [0.2, 0.25) is 0 Å². The van der Waals surface area contributed by atoms with Gasteiger partial charge in [0.05, 0.1) is 12.8 Å². The van der Waals surface area contributed by atoms with Gasteiger partial charge >= 0.3 is 0 Å². The van der Waals surface area contributed by atoms with E-state index >= 15 is 0 Å². The molecule has 3 fully saturated rings. The summed E-state index contributed by atoms with van der Waals surface area (Å²) in [6.07, 6.45) is 6.43. The molecule has 2 saturated heterocycles. The molecule has 3 aliphatic rings. The Morgan fingerprint density at radius 3 is 2.93 bits per heavy atom. The van der Waals surface area contributed by atoms with E-state index in [1.54, 1.807) is 7.11 Å². The highest BCUT2D eigenvalue weighted by Gasteiger charge is 2.43. The Morgan fingerprint density at radius 2 is 2.10 bits per heavy atom. The Bertz CT molecular complexity index is 891. The number of carbonyl (C=O) groups is 1. The average molecular weight is 395 g/mol. The van der Waals surface area contributed by atoms with Crippen LogP contribution in [0.15, 0.2) is 30.3 Å². The second kappa shape index (κ2) is 7.48. The van der Waals surface area contributed by atoms with E-state index in [9.17, 15) is 4.79 Å². The van der Waals surface area contributed by atoms with Gasteiger partial charge in [0.15, 0.2) is 0 Å². The van der Waals surface area contributed by atoms with Gasteiger partial charge in [-0.25, -0.2) is 0 Å². The van der Waals surface area contributed by atoms with Crippen LogP contribution in [0, 0.1) is 11.3 Å². The van der Waals surface area contributed by atoms with E-state index in [0.717, 1.165) is 49.0 Å². The van der Waals surface area contributed by atoms with E-state index in [1.807, 2.05) is 35.2 Å². The number of nitrogens with zero attached hydrogens (tertiary/aromatic N) is 3. The van der Waals surface area contributed by atoms with Crippen molar-refractivity contribution in [1.82, 2.24) is 20.0 Å². The van der Waals surface area contributed by atoms with Crippen molar-refractivity contribution >= 4 is 5.91 Å². The van der Waals surface area contributed by atoms with Gasteiger partial charge in [0.1, 0.15) is 11.4 Å². The summed E-state index contributed by atoms with van der Waals surface area (Å²) in [5, 5.41) is 7.34. The van der Waals surface area contributed by atoms with Crippen molar-refractivity contribution in [2.24, 2.45) is 11.3 Å². The molecule has 1 aromatic heterocycles. The first-order valence-electron chi connectivity index (χ1n) is 10.9. The van der Waals surface area contributed by atoms with Gasteiger partial charge < -0.3 is 14.5 Å². The molecule has 1 N–H and O–H groups in total. The van der Waals surface area contributed by atoms with Crippen LogP contribution in [0.5, 0.6) is 5.75 Å². The second-order valence-corrected chi connectivity index (χ2v) is 9.13. The summed E-state index contributed by atoms with van der Waals surface area (Å²) in [4.78, 5) is 17.8. The monoisotopic (exact) mass is 394 g/mol. The van der Waals surface area contributed by atoms with Crippen LogP contribution in [-0.2, 0) is 0 Å². The molecule has 2 aliphatic heterocycles. The highest BCUT2D eigenvalue weighted by molar-refractivity contribution is 5.93. The van der Waals surface area contributed by atoms with Crippen LogP contribution in [0.4, 0.5) is 0 Å². The fourth-order valence-electron chi connectivity index (χ4n) is 5.17. The maximum Gasteiger partial charge on any atom is 0.271 e. The summed E-state index contributed by atoms with van der Waals surface area (Å²) in [6, 6.07) is 9.61. The minimum absolute atomic E-state index is 0.0647. The highest BCUT2D eigenvalue weighted by Crippen LogP contribution is 2.41. The standard InChI is InChI=1S/C23H30N4O2/c1-29-21-6-3-2-5-18(21)19-13-20(25-24-19)22(28)27-12-10-23(16-27)9-4-11-26(15-23)14-17-7-8-17/h2-3,5-6,13,17H,4,7-12,14-16H2,1H3,(H,24,25). The van der Waals surface area contributed by atoms with Crippen molar-refractivity contribution in [2.75, 3.05) is 39.8 Å². The van der Waals surface area contributed by atoms with E-state index in [1.165, 1.54) is 38.8 Å². The van der Waals surface area contributed by atoms with Gasteiger partial charge in [-0.1, -0.05) is 12.1 Å². The van der Waals surface area contributed by atoms with E-state index < -0.39 is 0 Å². The molecule has 0 bridgehead atoms. The SMILES string of the molecule is COc1ccccc1-c1cc(C(=O)N2CCC3(CCCN(CC4CC4)C3)C2)[nH]n1. The van der Waals surface area contributed by atoms with Crippen LogP contribution >= 0.6 is 0 Å². The Labute approximate surface area is 172 Å². The minimum Gasteiger partial charge on any atom is -0.496 e. The molecule has 1 saturated carbocycles. The molecule has 1 atom stereocenters. The smallest absolute Gasteiger partial charge is 0.271 e. The first kappa shape index (κ1) is 18.7. The lowest BCUT2D eigenvalue weighted by molar-refractivity contribution is 0.0677. The van der Waals surface area contributed by atoms with Crippen LogP contribution in [0.25, 0.3) is 11.3 Å². The zero-order valence-corrected chi connectivity index (χ0v) is 17.2. The lowest BCUT2D eigenvalue weighted by Gasteiger charge is -2.40. The molecule has 3 heterocycles. The van der Waals surface area contributed by atoms with Crippen molar-refractivity contribution in [3.63, 3.8) is 0 Å². The normalized spacial score (nSPS) is 24.9. The maximum absolute atomic E-state index is 13.2. The maximum atomic E-state index is 13.2. The number of amides is 1. The van der Waals surface area contributed by atoms with Crippen molar-refractivity contribution in [2.45, 2.75) is 32.1 Å². The van der Waals surface area contributed by atoms with Crippen molar-refractivity contribution < 1.29 is 9.53 Å². The van der Waals surface area contributed by atoms with Crippen LogP contribution in [0.3, 0.4) is 0 Å². The predicted octanol–water partition coefficient (Wildman–Crippen LogP) is 3.42. The molecule has 0 radical (unpaired) electrons. The summed E-state index contributed by atoms with van der Waals surface area (Å²) in [5.74, 6) is 1.76. The Morgan fingerprint density at radius 1 is 1.24 bits per heavy atom. The van der Waals surface area contributed by atoms with Crippen LogP contribution < -0.4 is 4.74 Å². The van der Waals surface area contributed by atoms with E-state index in [0.29, 0.717) is 5.69 Å². The third kappa shape index (κ3) is 3.78. The molecule has 1 amide bonds. The van der Waals surface area contributed by atoms with Gasteiger partial charge in [-0.3, -0.25) is 9.89 Å². The number of H-pyrrole nitrogens is 1. The third-order valence-electron chi connectivity index (χ3n) is 6.87. The number of hydrogen-bond acceptors (Lipinski definition) is 4. The number of methoxy groups -OCH3 is 1. The first-order valence-corrected chi connectivity index (χ1v) is 10.9. The lowest BCUT2D eigenvalue weighted by atomic mass is 9.79. The molecule has 1 aliphatic carbocycles. The highest BCUT2D eigenvalue weighted by atomic mass is 16.5. The number of piperidine rings is 1. The topological polar surface area (TPSA) is 61.5 Å². The molecule has 2 aromatic rings. The molecule has 1 spiro atoms. The number of likely N-dealkylation sites (tertiary alicyclic amines) is 2. The fourth-order valence-corrected chi connectivity index (χ4v) is 5.17. The molecular formula is C23H30N4O2. The number of ether oxygens (including phenoxy) is 1. The largest absolute Gasteiger partial charge is 0.496 e. The fraction of sp³-hybridized carbons (Fsp3) is 0.565. The summed E-state index contributed by atoms with van der Waals surface area (Å²) < 4.78 is 5.43. The van der Waals surface area contributed by atoms with Gasteiger partial charge in [-0.15, -0.1) is 0 Å². The van der Waals surface area contributed by atoms with E-state index in [-0.39, 0.29) is 11.3 Å².